The van der Waals surface area contributed by atoms with Gasteiger partial charge in [0.15, 0.2) is 5.78 Å². The lowest BCUT2D eigenvalue weighted by Crippen LogP contribution is -2.21. The van der Waals surface area contributed by atoms with Gasteiger partial charge in [0.2, 0.25) is 0 Å². The van der Waals surface area contributed by atoms with E-state index in [-0.39, 0.29) is 18.0 Å². The first-order valence-corrected chi connectivity index (χ1v) is 3.78. The van der Waals surface area contributed by atoms with Crippen LogP contribution in [0.1, 0.15) is 34.1 Å². The third-order valence-electron chi connectivity index (χ3n) is 0.923. The van der Waals surface area contributed by atoms with Gasteiger partial charge in [0.25, 0.3) is 0 Å². The van der Waals surface area contributed by atoms with Gasteiger partial charge in [-0.25, -0.2) is 9.78 Å². The van der Waals surface area contributed by atoms with Crippen LogP contribution in [-0.2, 0) is 14.6 Å². The Kier molecular flexibility index (Phi) is 4.30. The van der Waals surface area contributed by atoms with E-state index in [1.807, 2.05) is 20.8 Å². The van der Waals surface area contributed by atoms with Gasteiger partial charge in [-0.05, 0) is 20.8 Å². The van der Waals surface area contributed by atoms with Crippen molar-refractivity contribution in [1.29, 1.82) is 0 Å². The van der Waals surface area contributed by atoms with Gasteiger partial charge in [-0.3, -0.25) is 4.79 Å². The van der Waals surface area contributed by atoms with Crippen molar-refractivity contribution in [3.05, 3.63) is 0 Å². The molecule has 0 unspecified atom stereocenters. The quantitative estimate of drug-likeness (QED) is 0.464. The number of hydrogen-bond donors (Lipinski definition) is 0. The minimum Gasteiger partial charge on any atom is -0.297 e. The molecular weight excluding hydrogens is 144 g/mol. The summed E-state index contributed by atoms with van der Waals surface area (Å²) in [6, 6.07) is 0. The maximum Gasteiger partial charge on any atom is 0.161 e. The number of Topliss-reactive ketones (excluding diaryl/α,β-unsaturated/α-hetero) is 1. The molecule has 0 aliphatic rings. The fourth-order valence-corrected chi connectivity index (χ4v) is 0.374. The van der Waals surface area contributed by atoms with Crippen molar-refractivity contribution in [2.45, 2.75) is 39.7 Å². The fourth-order valence-electron chi connectivity index (χ4n) is 0.374. The number of carbonyl (C=O) groups excluding carboxylic acids is 1. The highest BCUT2D eigenvalue weighted by Crippen LogP contribution is 2.06. The Hall–Kier alpha value is -0.410. The van der Waals surface area contributed by atoms with Gasteiger partial charge in [0.1, 0.15) is 6.61 Å². The average Bonchev–Trinajstić information content (AvgIpc) is 1.85. The van der Waals surface area contributed by atoms with Crippen LogP contribution in [0.15, 0.2) is 0 Å². The van der Waals surface area contributed by atoms with Crippen LogP contribution in [0.3, 0.4) is 0 Å². The third kappa shape index (κ3) is 7.49. The van der Waals surface area contributed by atoms with Crippen LogP contribution in [0.4, 0.5) is 0 Å². The van der Waals surface area contributed by atoms with Gasteiger partial charge in [0, 0.05) is 6.42 Å². The van der Waals surface area contributed by atoms with Crippen molar-refractivity contribution in [3.8, 4) is 0 Å². The summed E-state index contributed by atoms with van der Waals surface area (Å²) < 4.78 is 0. The van der Waals surface area contributed by atoms with Crippen LogP contribution < -0.4 is 0 Å². The molecule has 11 heavy (non-hydrogen) atoms. The van der Waals surface area contributed by atoms with E-state index in [1.54, 1.807) is 6.92 Å². The monoisotopic (exact) mass is 160 g/mol. The number of hydrogen-bond acceptors (Lipinski definition) is 3. The van der Waals surface area contributed by atoms with Crippen LogP contribution >= 0.6 is 0 Å². The molecule has 0 rings (SSSR count). The van der Waals surface area contributed by atoms with Gasteiger partial charge >= 0.3 is 0 Å². The summed E-state index contributed by atoms with van der Waals surface area (Å²) in [4.78, 5) is 20.3. The first kappa shape index (κ1) is 10.6. The average molecular weight is 160 g/mol. The molecular formula is C8H16O3. The molecule has 0 N–H and O–H groups in total. The maximum absolute atomic E-state index is 10.7. The molecule has 0 saturated heterocycles. The molecule has 0 saturated carbocycles. The molecule has 0 aromatic rings. The number of rotatable bonds is 4. The highest BCUT2D eigenvalue weighted by Gasteiger charge is 2.11. The summed E-state index contributed by atoms with van der Waals surface area (Å²) in [6.07, 6.45) is 0.494. The van der Waals surface area contributed by atoms with E-state index in [1.165, 1.54) is 0 Å². The largest absolute Gasteiger partial charge is 0.297 e. The van der Waals surface area contributed by atoms with Gasteiger partial charge in [-0.1, -0.05) is 6.92 Å². The second kappa shape index (κ2) is 4.46. The lowest BCUT2D eigenvalue weighted by atomic mass is 10.2. The Labute approximate surface area is 67.6 Å². The molecule has 0 bridgehead atoms. The molecule has 0 spiro atoms. The van der Waals surface area contributed by atoms with Gasteiger partial charge < -0.3 is 0 Å². The summed E-state index contributed by atoms with van der Waals surface area (Å²) in [6.45, 7) is 7.44. The highest BCUT2D eigenvalue weighted by molar-refractivity contribution is 5.79. The zero-order valence-corrected chi connectivity index (χ0v) is 7.64. The molecule has 0 heterocycles. The van der Waals surface area contributed by atoms with Crippen molar-refractivity contribution in [3.63, 3.8) is 0 Å². The van der Waals surface area contributed by atoms with Crippen molar-refractivity contribution in [1.82, 2.24) is 0 Å². The highest BCUT2D eigenvalue weighted by atomic mass is 17.2. The molecule has 0 aliphatic heterocycles. The molecule has 0 aromatic carbocycles. The van der Waals surface area contributed by atoms with E-state index in [0.29, 0.717) is 6.42 Å². The SMILES string of the molecule is CCC(=O)COOC(C)(C)C. The molecule has 0 radical (unpaired) electrons. The van der Waals surface area contributed by atoms with Crippen LogP contribution in [0.25, 0.3) is 0 Å². The van der Waals surface area contributed by atoms with Crippen LogP contribution in [0, 0.1) is 0 Å². The molecule has 0 atom stereocenters. The summed E-state index contributed by atoms with van der Waals surface area (Å²) >= 11 is 0. The minimum atomic E-state index is -0.339. The Balaban J connectivity index is 3.35. The molecule has 0 aliphatic carbocycles. The van der Waals surface area contributed by atoms with Gasteiger partial charge in [-0.15, -0.1) is 0 Å². The molecule has 0 aromatic heterocycles. The second-order valence-corrected chi connectivity index (χ2v) is 3.35. The second-order valence-electron chi connectivity index (χ2n) is 3.35. The topological polar surface area (TPSA) is 35.5 Å². The number of carbonyl (C=O) groups is 1. The van der Waals surface area contributed by atoms with Crippen LogP contribution in [0.2, 0.25) is 0 Å². The smallest absolute Gasteiger partial charge is 0.161 e. The van der Waals surface area contributed by atoms with Crippen molar-refractivity contribution < 1.29 is 14.6 Å². The normalized spacial score (nSPS) is 11.6. The molecule has 66 valence electrons. The minimum absolute atomic E-state index is 0.0494. The standard InChI is InChI=1S/C8H16O3/c1-5-7(9)6-10-11-8(2,3)4/h5-6H2,1-4H3. The molecule has 0 fully saturated rings. The third-order valence-corrected chi connectivity index (χ3v) is 0.923. The Bertz CT molecular complexity index is 124. The van der Waals surface area contributed by atoms with Crippen molar-refractivity contribution in [2.24, 2.45) is 0 Å². The predicted molar refractivity (Wildman–Crippen MR) is 42.1 cm³/mol. The Morgan fingerprint density at radius 2 is 1.91 bits per heavy atom. The molecule has 3 nitrogen and oxygen atoms in total. The Morgan fingerprint density at radius 3 is 2.27 bits per heavy atom. The lowest BCUT2D eigenvalue weighted by molar-refractivity contribution is -0.342. The van der Waals surface area contributed by atoms with E-state index in [4.69, 9.17) is 9.78 Å². The van der Waals surface area contributed by atoms with Crippen molar-refractivity contribution >= 4 is 5.78 Å². The zero-order chi connectivity index (χ0) is 8.91. The zero-order valence-electron chi connectivity index (χ0n) is 7.64. The van der Waals surface area contributed by atoms with Gasteiger partial charge in [0.05, 0.1) is 5.60 Å². The summed E-state index contributed by atoms with van der Waals surface area (Å²) in [5, 5.41) is 0. The summed E-state index contributed by atoms with van der Waals surface area (Å²) in [5.74, 6) is 0.0502. The number of ketones is 1. The predicted octanol–water partition coefficient (Wildman–Crippen LogP) is 1.71. The maximum atomic E-state index is 10.7. The molecule has 3 heteroatoms. The lowest BCUT2D eigenvalue weighted by Gasteiger charge is -2.16. The van der Waals surface area contributed by atoms with E-state index in [9.17, 15) is 4.79 Å². The van der Waals surface area contributed by atoms with E-state index in [0.717, 1.165) is 0 Å². The summed E-state index contributed by atoms with van der Waals surface area (Å²) in [5.41, 5.74) is -0.339. The van der Waals surface area contributed by atoms with Crippen LogP contribution in [0.5, 0.6) is 0 Å². The van der Waals surface area contributed by atoms with Crippen molar-refractivity contribution in [2.75, 3.05) is 6.61 Å². The van der Waals surface area contributed by atoms with E-state index in [2.05, 4.69) is 0 Å². The fraction of sp³-hybridized carbons (Fsp3) is 0.875. The first-order chi connectivity index (χ1) is 4.95. The van der Waals surface area contributed by atoms with Crippen LogP contribution in [-0.4, -0.2) is 18.0 Å². The van der Waals surface area contributed by atoms with E-state index < -0.39 is 0 Å². The molecule has 0 amide bonds. The van der Waals surface area contributed by atoms with Gasteiger partial charge in [-0.2, -0.15) is 0 Å². The van der Waals surface area contributed by atoms with E-state index >= 15 is 0 Å². The Morgan fingerprint density at radius 1 is 1.36 bits per heavy atom. The summed E-state index contributed by atoms with van der Waals surface area (Å²) in [7, 11) is 0. The first-order valence-electron chi connectivity index (χ1n) is 3.78.